The molecule has 0 radical (unpaired) electrons. The van der Waals surface area contributed by atoms with E-state index in [-0.39, 0.29) is 4.88 Å². The zero-order valence-electron chi connectivity index (χ0n) is 10.1. The number of nitrogens with zero attached hydrogens (tertiary/aromatic N) is 1. The molecule has 4 nitrogen and oxygen atoms in total. The number of halogens is 2. The van der Waals surface area contributed by atoms with Crippen LogP contribution >= 0.6 is 34.5 Å². The molecule has 2 aromatic rings. The molecule has 1 aromatic heterocycles. The van der Waals surface area contributed by atoms with Crippen molar-refractivity contribution in [2.24, 2.45) is 0 Å². The van der Waals surface area contributed by atoms with Crippen LogP contribution in [0.15, 0.2) is 12.1 Å². The van der Waals surface area contributed by atoms with E-state index in [0.717, 1.165) is 16.9 Å². The van der Waals surface area contributed by atoms with Crippen LogP contribution < -0.4 is 5.32 Å². The second kappa shape index (κ2) is 5.36. The number of aryl methyl sites for hydroxylation is 2. The van der Waals surface area contributed by atoms with Crippen molar-refractivity contribution >= 4 is 51.3 Å². The number of hydrogen-bond acceptors (Lipinski definition) is 4. The minimum Gasteiger partial charge on any atom is -0.477 e. The molecule has 0 amide bonds. The van der Waals surface area contributed by atoms with Crippen molar-refractivity contribution in [1.29, 1.82) is 0 Å². The molecule has 0 fully saturated rings. The number of aromatic carboxylic acids is 1. The molecule has 0 unspecified atom stereocenters. The van der Waals surface area contributed by atoms with E-state index in [4.69, 9.17) is 28.3 Å². The van der Waals surface area contributed by atoms with Gasteiger partial charge in [0.1, 0.15) is 4.88 Å². The van der Waals surface area contributed by atoms with Gasteiger partial charge in [0.15, 0.2) is 5.13 Å². The number of carbonyl (C=O) groups is 1. The van der Waals surface area contributed by atoms with Gasteiger partial charge in [-0.15, -0.1) is 0 Å². The molecule has 19 heavy (non-hydrogen) atoms. The second-order valence-corrected chi connectivity index (χ2v) is 5.70. The summed E-state index contributed by atoms with van der Waals surface area (Å²) in [5.74, 6) is -0.996. The first-order valence-corrected chi connectivity index (χ1v) is 6.89. The van der Waals surface area contributed by atoms with Crippen LogP contribution in [0.1, 0.15) is 20.9 Å². The fourth-order valence-electron chi connectivity index (χ4n) is 1.53. The fourth-order valence-corrected chi connectivity index (χ4v) is 2.80. The summed E-state index contributed by atoms with van der Waals surface area (Å²) in [5.41, 5.74) is 1.87. The Labute approximate surface area is 124 Å². The lowest BCUT2D eigenvalue weighted by Gasteiger charge is -2.09. The third-order valence-electron chi connectivity index (χ3n) is 2.51. The Kier molecular flexibility index (Phi) is 3.99. The SMILES string of the molecule is Cc1ccc(Cl)c(Nc2nc(C)c(C(=O)O)s2)c1Cl. The smallest absolute Gasteiger partial charge is 0.347 e. The monoisotopic (exact) mass is 316 g/mol. The van der Waals surface area contributed by atoms with E-state index in [2.05, 4.69) is 10.3 Å². The summed E-state index contributed by atoms with van der Waals surface area (Å²) in [6.45, 7) is 3.50. The third-order valence-corrected chi connectivity index (χ3v) is 4.37. The topological polar surface area (TPSA) is 62.2 Å². The fraction of sp³-hybridized carbons (Fsp3) is 0.167. The van der Waals surface area contributed by atoms with Gasteiger partial charge < -0.3 is 10.4 Å². The molecule has 2 rings (SSSR count). The molecule has 2 N–H and O–H groups in total. The molecule has 0 aliphatic carbocycles. The van der Waals surface area contributed by atoms with Crippen LogP contribution in [0.5, 0.6) is 0 Å². The molecule has 1 aromatic carbocycles. The van der Waals surface area contributed by atoms with E-state index in [9.17, 15) is 4.79 Å². The molecule has 0 aliphatic heterocycles. The maximum absolute atomic E-state index is 11.0. The summed E-state index contributed by atoms with van der Waals surface area (Å²) in [6.07, 6.45) is 0. The van der Waals surface area contributed by atoms with Crippen LogP contribution in [-0.4, -0.2) is 16.1 Å². The number of benzene rings is 1. The standard InChI is InChI=1S/C12H10Cl2N2O2S/c1-5-3-4-7(13)9(8(5)14)16-12-15-6(2)10(19-12)11(17)18/h3-4H,1-2H3,(H,15,16)(H,17,18). The molecule has 0 bridgehead atoms. The Morgan fingerprint density at radius 3 is 2.63 bits per heavy atom. The highest BCUT2D eigenvalue weighted by Gasteiger charge is 2.16. The minimum absolute atomic E-state index is 0.197. The van der Waals surface area contributed by atoms with Gasteiger partial charge in [-0.3, -0.25) is 0 Å². The largest absolute Gasteiger partial charge is 0.477 e. The van der Waals surface area contributed by atoms with Crippen LogP contribution in [-0.2, 0) is 0 Å². The normalized spacial score (nSPS) is 10.5. The van der Waals surface area contributed by atoms with Crippen LogP contribution in [0.3, 0.4) is 0 Å². The Morgan fingerprint density at radius 2 is 2.05 bits per heavy atom. The molecule has 0 saturated carbocycles. The third kappa shape index (κ3) is 2.83. The van der Waals surface area contributed by atoms with Crippen molar-refractivity contribution in [3.8, 4) is 0 Å². The van der Waals surface area contributed by atoms with Crippen molar-refractivity contribution in [2.45, 2.75) is 13.8 Å². The van der Waals surface area contributed by atoms with Gasteiger partial charge in [-0.2, -0.15) is 0 Å². The maximum Gasteiger partial charge on any atom is 0.347 e. The highest BCUT2D eigenvalue weighted by Crippen LogP contribution is 2.36. The van der Waals surface area contributed by atoms with E-state index in [1.165, 1.54) is 0 Å². The highest BCUT2D eigenvalue weighted by atomic mass is 35.5. The second-order valence-electron chi connectivity index (χ2n) is 3.92. The lowest BCUT2D eigenvalue weighted by atomic mass is 10.2. The quantitative estimate of drug-likeness (QED) is 0.874. The summed E-state index contributed by atoms with van der Waals surface area (Å²) >= 11 is 13.3. The molecular weight excluding hydrogens is 307 g/mol. The Morgan fingerprint density at radius 1 is 1.37 bits per heavy atom. The van der Waals surface area contributed by atoms with E-state index in [0.29, 0.717) is 26.6 Å². The maximum atomic E-state index is 11.0. The van der Waals surface area contributed by atoms with Gasteiger partial charge in [0.2, 0.25) is 0 Å². The molecule has 1 heterocycles. The van der Waals surface area contributed by atoms with E-state index < -0.39 is 5.97 Å². The number of thiazole rings is 1. The summed E-state index contributed by atoms with van der Waals surface area (Å²) in [5, 5.41) is 13.4. The Balaban J connectivity index is 2.39. The van der Waals surface area contributed by atoms with E-state index >= 15 is 0 Å². The molecule has 0 spiro atoms. The predicted octanol–water partition coefficient (Wildman–Crippen LogP) is 4.51. The van der Waals surface area contributed by atoms with Gasteiger partial charge in [0.25, 0.3) is 0 Å². The Bertz CT molecular complexity index is 655. The Hall–Kier alpha value is -1.30. The lowest BCUT2D eigenvalue weighted by molar-refractivity contribution is 0.0701. The molecule has 0 atom stereocenters. The number of hydrogen-bond donors (Lipinski definition) is 2. The average Bonchev–Trinajstić information content (AvgIpc) is 2.71. The van der Waals surface area contributed by atoms with Gasteiger partial charge in [0.05, 0.1) is 21.4 Å². The van der Waals surface area contributed by atoms with Crippen molar-refractivity contribution in [3.05, 3.63) is 38.3 Å². The van der Waals surface area contributed by atoms with Crippen molar-refractivity contribution in [2.75, 3.05) is 5.32 Å². The number of rotatable bonds is 3. The highest BCUT2D eigenvalue weighted by molar-refractivity contribution is 7.17. The van der Waals surface area contributed by atoms with Gasteiger partial charge in [0, 0.05) is 0 Å². The van der Waals surface area contributed by atoms with E-state index in [1.807, 2.05) is 13.0 Å². The van der Waals surface area contributed by atoms with E-state index in [1.54, 1.807) is 13.0 Å². The van der Waals surface area contributed by atoms with Gasteiger partial charge in [-0.05, 0) is 25.5 Å². The molecule has 7 heteroatoms. The first-order chi connectivity index (χ1) is 8.90. The number of carboxylic acid groups (broad SMARTS) is 1. The van der Waals surface area contributed by atoms with Crippen LogP contribution in [0.25, 0.3) is 0 Å². The van der Waals surface area contributed by atoms with Crippen LogP contribution in [0.4, 0.5) is 10.8 Å². The minimum atomic E-state index is -0.996. The summed E-state index contributed by atoms with van der Waals surface area (Å²) in [4.78, 5) is 15.3. The summed E-state index contributed by atoms with van der Waals surface area (Å²) in [6, 6.07) is 3.54. The number of carboxylic acids is 1. The van der Waals surface area contributed by atoms with Crippen molar-refractivity contribution < 1.29 is 9.90 Å². The number of aromatic nitrogens is 1. The van der Waals surface area contributed by atoms with Crippen LogP contribution in [0, 0.1) is 13.8 Å². The number of nitrogens with one attached hydrogen (secondary N) is 1. The zero-order valence-corrected chi connectivity index (χ0v) is 12.4. The van der Waals surface area contributed by atoms with Crippen LogP contribution in [0.2, 0.25) is 10.0 Å². The first-order valence-electron chi connectivity index (χ1n) is 5.32. The molecule has 100 valence electrons. The van der Waals surface area contributed by atoms with Gasteiger partial charge >= 0.3 is 5.97 Å². The summed E-state index contributed by atoms with van der Waals surface area (Å²) in [7, 11) is 0. The van der Waals surface area contributed by atoms with Gasteiger partial charge in [-0.1, -0.05) is 40.6 Å². The average molecular weight is 317 g/mol. The van der Waals surface area contributed by atoms with Gasteiger partial charge in [-0.25, -0.2) is 9.78 Å². The molecular formula is C12H10Cl2N2O2S. The van der Waals surface area contributed by atoms with Crippen molar-refractivity contribution in [1.82, 2.24) is 4.98 Å². The lowest BCUT2D eigenvalue weighted by Crippen LogP contribution is -1.94. The summed E-state index contributed by atoms with van der Waals surface area (Å²) < 4.78 is 0. The number of anilines is 2. The predicted molar refractivity (Wildman–Crippen MR) is 78.3 cm³/mol. The zero-order chi connectivity index (χ0) is 14.2. The first kappa shape index (κ1) is 14.1. The molecule has 0 aliphatic rings. The molecule has 0 saturated heterocycles. The van der Waals surface area contributed by atoms with Crippen molar-refractivity contribution in [3.63, 3.8) is 0 Å².